The molecule has 18 heavy (non-hydrogen) atoms. The fourth-order valence-electron chi connectivity index (χ4n) is 3.36. The maximum absolute atomic E-state index is 2.32. The quantitative estimate of drug-likeness (QED) is 0.697. The molecule has 3 rings (SSSR count). The molecule has 0 bridgehead atoms. The van der Waals surface area contributed by atoms with Gasteiger partial charge >= 0.3 is 0 Å². The molecule has 0 nitrogen and oxygen atoms in total. The van der Waals surface area contributed by atoms with E-state index in [1.165, 1.54) is 28.7 Å². The van der Waals surface area contributed by atoms with Crippen LogP contribution in [-0.2, 0) is 0 Å². The van der Waals surface area contributed by atoms with Crippen molar-refractivity contribution in [1.29, 1.82) is 0 Å². The molecule has 1 aliphatic carbocycles. The third kappa shape index (κ3) is 1.96. The Morgan fingerprint density at radius 2 is 1.44 bits per heavy atom. The van der Waals surface area contributed by atoms with E-state index in [2.05, 4.69) is 63.2 Å². The number of rotatable bonds is 2. The fraction of sp³-hybridized carbons (Fsp3) is 0.333. The summed E-state index contributed by atoms with van der Waals surface area (Å²) in [4.78, 5) is 0. The van der Waals surface area contributed by atoms with Gasteiger partial charge in [0.05, 0.1) is 0 Å². The molecule has 1 aliphatic rings. The van der Waals surface area contributed by atoms with Gasteiger partial charge in [-0.25, -0.2) is 0 Å². The molecule has 1 fully saturated rings. The third-order valence-corrected chi connectivity index (χ3v) is 4.13. The standard InChI is InChI=1S/C18H20/c1-12-9-13(2)18(14(3)10-12)17-11-16(17)15-7-5-4-6-8-15/h4-10,16-17H,11H2,1-3H3. The second kappa shape index (κ2) is 4.28. The molecule has 0 aliphatic heterocycles. The maximum Gasteiger partial charge on any atom is -0.00816 e. The van der Waals surface area contributed by atoms with E-state index >= 15 is 0 Å². The van der Waals surface area contributed by atoms with Crippen molar-refractivity contribution in [2.45, 2.75) is 39.0 Å². The van der Waals surface area contributed by atoms with Gasteiger partial charge in [0.1, 0.15) is 0 Å². The Balaban J connectivity index is 1.91. The van der Waals surface area contributed by atoms with Crippen LogP contribution in [0.3, 0.4) is 0 Å². The summed E-state index contributed by atoms with van der Waals surface area (Å²) in [7, 11) is 0. The van der Waals surface area contributed by atoms with Crippen molar-refractivity contribution < 1.29 is 0 Å². The summed E-state index contributed by atoms with van der Waals surface area (Å²) < 4.78 is 0. The molecule has 1 saturated carbocycles. The van der Waals surface area contributed by atoms with Crippen LogP contribution in [0.5, 0.6) is 0 Å². The Morgan fingerprint density at radius 1 is 0.833 bits per heavy atom. The Bertz CT molecular complexity index is 543. The molecule has 0 heteroatoms. The first-order chi connectivity index (χ1) is 8.66. The molecule has 0 spiro atoms. The van der Waals surface area contributed by atoms with Crippen molar-refractivity contribution in [3.63, 3.8) is 0 Å². The minimum Gasteiger partial charge on any atom is -0.0622 e. The van der Waals surface area contributed by atoms with Gasteiger partial charge in [-0.2, -0.15) is 0 Å². The lowest BCUT2D eigenvalue weighted by molar-refractivity contribution is 0.993. The molecule has 0 amide bonds. The Morgan fingerprint density at radius 3 is 2.06 bits per heavy atom. The zero-order valence-electron chi connectivity index (χ0n) is 11.4. The van der Waals surface area contributed by atoms with Crippen molar-refractivity contribution >= 4 is 0 Å². The molecule has 0 saturated heterocycles. The van der Waals surface area contributed by atoms with Gasteiger partial charge in [-0.15, -0.1) is 0 Å². The molecule has 2 aromatic rings. The first kappa shape index (κ1) is 11.5. The van der Waals surface area contributed by atoms with Gasteiger partial charge in [0.2, 0.25) is 0 Å². The Hall–Kier alpha value is -1.56. The van der Waals surface area contributed by atoms with Gasteiger partial charge < -0.3 is 0 Å². The van der Waals surface area contributed by atoms with Crippen LogP contribution in [0.15, 0.2) is 42.5 Å². The average Bonchev–Trinajstić information content (AvgIpc) is 3.09. The molecular formula is C18H20. The first-order valence-corrected chi connectivity index (χ1v) is 6.79. The molecule has 0 N–H and O–H groups in total. The summed E-state index contributed by atoms with van der Waals surface area (Å²) in [6.45, 7) is 6.71. The van der Waals surface area contributed by atoms with Crippen molar-refractivity contribution in [2.75, 3.05) is 0 Å². The smallest absolute Gasteiger partial charge is 0.00816 e. The number of hydrogen-bond acceptors (Lipinski definition) is 0. The van der Waals surface area contributed by atoms with Crippen molar-refractivity contribution in [3.05, 3.63) is 70.3 Å². The zero-order chi connectivity index (χ0) is 12.7. The van der Waals surface area contributed by atoms with E-state index in [1.54, 1.807) is 5.56 Å². The number of benzene rings is 2. The van der Waals surface area contributed by atoms with Crippen LogP contribution >= 0.6 is 0 Å². The van der Waals surface area contributed by atoms with E-state index in [-0.39, 0.29) is 0 Å². The van der Waals surface area contributed by atoms with E-state index in [1.807, 2.05) is 0 Å². The Labute approximate surface area is 110 Å². The molecule has 2 aromatic carbocycles. The van der Waals surface area contributed by atoms with E-state index in [4.69, 9.17) is 0 Å². The van der Waals surface area contributed by atoms with Gasteiger partial charge in [0.25, 0.3) is 0 Å². The van der Waals surface area contributed by atoms with Gasteiger partial charge in [-0.3, -0.25) is 0 Å². The fourth-order valence-corrected chi connectivity index (χ4v) is 3.36. The lowest BCUT2D eigenvalue weighted by Gasteiger charge is -2.11. The summed E-state index contributed by atoms with van der Waals surface area (Å²) in [5.74, 6) is 1.49. The summed E-state index contributed by atoms with van der Waals surface area (Å²) in [5.41, 5.74) is 7.41. The largest absolute Gasteiger partial charge is 0.0622 e. The van der Waals surface area contributed by atoms with Gasteiger partial charge in [-0.05, 0) is 61.3 Å². The van der Waals surface area contributed by atoms with Crippen molar-refractivity contribution in [1.82, 2.24) is 0 Å². The summed E-state index contributed by atoms with van der Waals surface area (Å²) in [5, 5.41) is 0. The van der Waals surface area contributed by atoms with E-state index < -0.39 is 0 Å². The summed E-state index contributed by atoms with van der Waals surface area (Å²) >= 11 is 0. The van der Waals surface area contributed by atoms with Crippen LogP contribution in [0.4, 0.5) is 0 Å². The summed E-state index contributed by atoms with van der Waals surface area (Å²) in [6.07, 6.45) is 1.31. The highest BCUT2D eigenvalue weighted by atomic mass is 14.4. The van der Waals surface area contributed by atoms with Crippen LogP contribution in [0.2, 0.25) is 0 Å². The summed E-state index contributed by atoms with van der Waals surface area (Å²) in [6, 6.07) is 15.6. The number of aryl methyl sites for hydroxylation is 3. The predicted octanol–water partition coefficient (Wildman–Crippen LogP) is 4.88. The van der Waals surface area contributed by atoms with Crippen LogP contribution in [0, 0.1) is 20.8 Å². The van der Waals surface area contributed by atoms with Crippen LogP contribution in [-0.4, -0.2) is 0 Å². The molecule has 0 heterocycles. The van der Waals surface area contributed by atoms with Crippen LogP contribution < -0.4 is 0 Å². The average molecular weight is 236 g/mol. The predicted molar refractivity (Wildman–Crippen MR) is 77.2 cm³/mol. The minimum absolute atomic E-state index is 0.742. The maximum atomic E-state index is 2.32. The first-order valence-electron chi connectivity index (χ1n) is 6.79. The molecule has 2 unspecified atom stereocenters. The monoisotopic (exact) mass is 236 g/mol. The minimum atomic E-state index is 0.742. The SMILES string of the molecule is Cc1cc(C)c(C2CC2c2ccccc2)c(C)c1. The molecule has 0 radical (unpaired) electrons. The van der Waals surface area contributed by atoms with Crippen LogP contribution in [0.25, 0.3) is 0 Å². The third-order valence-electron chi connectivity index (χ3n) is 4.13. The van der Waals surface area contributed by atoms with Crippen molar-refractivity contribution in [2.24, 2.45) is 0 Å². The van der Waals surface area contributed by atoms with Crippen molar-refractivity contribution in [3.8, 4) is 0 Å². The van der Waals surface area contributed by atoms with Gasteiger partial charge in [-0.1, -0.05) is 48.0 Å². The topological polar surface area (TPSA) is 0 Å². The van der Waals surface area contributed by atoms with E-state index in [9.17, 15) is 0 Å². The molecule has 2 atom stereocenters. The lowest BCUT2D eigenvalue weighted by atomic mass is 9.94. The zero-order valence-corrected chi connectivity index (χ0v) is 11.4. The highest BCUT2D eigenvalue weighted by molar-refractivity contribution is 5.46. The highest BCUT2D eigenvalue weighted by Crippen LogP contribution is 2.56. The van der Waals surface area contributed by atoms with Gasteiger partial charge in [0, 0.05) is 0 Å². The van der Waals surface area contributed by atoms with E-state index in [0.29, 0.717) is 0 Å². The molecule has 0 aromatic heterocycles. The van der Waals surface area contributed by atoms with Gasteiger partial charge in [0.15, 0.2) is 0 Å². The molecular weight excluding hydrogens is 216 g/mol. The highest BCUT2D eigenvalue weighted by Gasteiger charge is 2.40. The molecule has 92 valence electrons. The van der Waals surface area contributed by atoms with Crippen LogP contribution in [0.1, 0.15) is 46.1 Å². The normalized spacial score (nSPS) is 21.9. The lowest BCUT2D eigenvalue weighted by Crippen LogP contribution is -1.94. The van der Waals surface area contributed by atoms with E-state index in [0.717, 1.165) is 11.8 Å². The second-order valence-electron chi connectivity index (χ2n) is 5.67. The number of hydrogen-bond donors (Lipinski definition) is 0. The Kier molecular flexibility index (Phi) is 2.74. The second-order valence-corrected chi connectivity index (χ2v) is 5.67.